The molecule has 0 bridgehead atoms. The minimum Gasteiger partial charge on any atom is -0.481 e. The van der Waals surface area contributed by atoms with Crippen LogP contribution in [0.2, 0.25) is 0 Å². The van der Waals surface area contributed by atoms with Gasteiger partial charge in [0.15, 0.2) is 0 Å². The molecule has 0 aliphatic heterocycles. The number of carbonyl (C=O) groups is 2. The number of carboxylic acid groups (broad SMARTS) is 1. The van der Waals surface area contributed by atoms with Gasteiger partial charge < -0.3 is 10.4 Å². The van der Waals surface area contributed by atoms with Crippen LogP contribution in [0, 0.1) is 17.8 Å². The van der Waals surface area contributed by atoms with Gasteiger partial charge in [-0.25, -0.2) is 0 Å². The molecule has 0 aromatic heterocycles. The van der Waals surface area contributed by atoms with Crippen molar-refractivity contribution in [3.63, 3.8) is 0 Å². The second-order valence-corrected chi connectivity index (χ2v) is 3.01. The van der Waals surface area contributed by atoms with Gasteiger partial charge >= 0.3 is 5.97 Å². The van der Waals surface area contributed by atoms with Crippen molar-refractivity contribution in [1.82, 2.24) is 5.32 Å². The molecular formula is C10H15NO3. The van der Waals surface area contributed by atoms with E-state index >= 15 is 0 Å². The van der Waals surface area contributed by atoms with Crippen molar-refractivity contribution in [1.29, 1.82) is 0 Å². The Labute approximate surface area is 83.7 Å². The number of aliphatic carboxylic acids is 1. The summed E-state index contributed by atoms with van der Waals surface area (Å²) >= 11 is 0. The summed E-state index contributed by atoms with van der Waals surface area (Å²) in [7, 11) is 0. The lowest BCUT2D eigenvalue weighted by Crippen LogP contribution is -2.23. The van der Waals surface area contributed by atoms with Gasteiger partial charge in [0.05, 0.1) is 5.92 Å². The van der Waals surface area contributed by atoms with E-state index in [0.717, 1.165) is 0 Å². The van der Waals surface area contributed by atoms with Crippen LogP contribution >= 0.6 is 0 Å². The maximum Gasteiger partial charge on any atom is 0.306 e. The van der Waals surface area contributed by atoms with E-state index < -0.39 is 5.97 Å². The van der Waals surface area contributed by atoms with Crippen molar-refractivity contribution in [2.24, 2.45) is 5.92 Å². The lowest BCUT2D eigenvalue weighted by atomic mass is 10.1. The highest BCUT2D eigenvalue weighted by atomic mass is 16.4. The number of nitrogens with one attached hydrogen (secondary N) is 1. The number of carboxylic acids is 1. The third-order valence-electron chi connectivity index (χ3n) is 1.76. The molecule has 0 rings (SSSR count). The average Bonchev–Trinajstić information content (AvgIpc) is 2.12. The molecular weight excluding hydrogens is 182 g/mol. The molecule has 2 N–H and O–H groups in total. The predicted octanol–water partition coefficient (Wildman–Crippen LogP) is 0.627. The molecule has 0 aromatic rings. The predicted molar refractivity (Wildman–Crippen MR) is 52.5 cm³/mol. The zero-order valence-electron chi connectivity index (χ0n) is 8.46. The SMILES string of the molecule is CC#CC(=O)NCCCC(C)C(=O)O. The Balaban J connectivity index is 3.50. The van der Waals surface area contributed by atoms with Crippen LogP contribution in [0.15, 0.2) is 0 Å². The highest BCUT2D eigenvalue weighted by Crippen LogP contribution is 2.03. The fraction of sp³-hybridized carbons (Fsp3) is 0.600. The molecule has 1 unspecified atom stereocenters. The van der Waals surface area contributed by atoms with Crippen molar-refractivity contribution >= 4 is 11.9 Å². The Kier molecular flexibility index (Phi) is 6.21. The maximum atomic E-state index is 10.8. The molecule has 0 aliphatic rings. The molecule has 0 saturated carbocycles. The lowest BCUT2D eigenvalue weighted by molar-refractivity contribution is -0.141. The Morgan fingerprint density at radius 1 is 1.50 bits per heavy atom. The molecule has 0 fully saturated rings. The monoisotopic (exact) mass is 197 g/mol. The van der Waals surface area contributed by atoms with Crippen molar-refractivity contribution in [2.45, 2.75) is 26.7 Å². The summed E-state index contributed by atoms with van der Waals surface area (Å²) in [5.74, 6) is 3.35. The largest absolute Gasteiger partial charge is 0.481 e. The van der Waals surface area contributed by atoms with Crippen LogP contribution in [-0.4, -0.2) is 23.5 Å². The van der Waals surface area contributed by atoms with E-state index in [1.165, 1.54) is 0 Å². The Morgan fingerprint density at radius 3 is 2.64 bits per heavy atom. The average molecular weight is 197 g/mol. The molecule has 1 atom stereocenters. The van der Waals surface area contributed by atoms with E-state index in [0.29, 0.717) is 19.4 Å². The van der Waals surface area contributed by atoms with Crippen LogP contribution in [0.1, 0.15) is 26.7 Å². The van der Waals surface area contributed by atoms with E-state index in [1.807, 2.05) is 0 Å². The van der Waals surface area contributed by atoms with Crippen LogP contribution in [0.3, 0.4) is 0 Å². The van der Waals surface area contributed by atoms with Crippen LogP contribution < -0.4 is 5.32 Å². The molecule has 0 heterocycles. The second-order valence-electron chi connectivity index (χ2n) is 3.01. The molecule has 78 valence electrons. The molecule has 14 heavy (non-hydrogen) atoms. The topological polar surface area (TPSA) is 66.4 Å². The van der Waals surface area contributed by atoms with Gasteiger partial charge in [0.1, 0.15) is 0 Å². The molecule has 1 amide bonds. The van der Waals surface area contributed by atoms with Gasteiger partial charge in [-0.1, -0.05) is 12.8 Å². The van der Waals surface area contributed by atoms with E-state index in [-0.39, 0.29) is 11.8 Å². The lowest BCUT2D eigenvalue weighted by Gasteiger charge is -2.05. The number of hydrogen-bond donors (Lipinski definition) is 2. The minimum atomic E-state index is -0.801. The molecule has 0 spiro atoms. The Morgan fingerprint density at radius 2 is 2.14 bits per heavy atom. The summed E-state index contributed by atoms with van der Waals surface area (Å²) in [6, 6.07) is 0. The zero-order valence-corrected chi connectivity index (χ0v) is 8.46. The van der Waals surface area contributed by atoms with Gasteiger partial charge in [0.25, 0.3) is 5.91 Å². The standard InChI is InChI=1S/C10H15NO3/c1-3-5-9(12)11-7-4-6-8(2)10(13)14/h8H,4,6-7H2,1-2H3,(H,11,12)(H,13,14). The Bertz CT molecular complexity index is 262. The van der Waals surface area contributed by atoms with E-state index in [4.69, 9.17) is 5.11 Å². The fourth-order valence-electron chi connectivity index (χ4n) is 0.891. The van der Waals surface area contributed by atoms with Gasteiger partial charge in [-0.05, 0) is 25.7 Å². The molecule has 0 aliphatic carbocycles. The Hall–Kier alpha value is -1.50. The molecule has 0 saturated heterocycles. The zero-order chi connectivity index (χ0) is 11.0. The smallest absolute Gasteiger partial charge is 0.306 e. The molecule has 4 heteroatoms. The fourth-order valence-corrected chi connectivity index (χ4v) is 0.891. The van der Waals surface area contributed by atoms with Gasteiger partial charge in [-0.15, -0.1) is 0 Å². The highest BCUT2D eigenvalue weighted by molar-refractivity contribution is 5.93. The first-order valence-electron chi connectivity index (χ1n) is 4.51. The highest BCUT2D eigenvalue weighted by Gasteiger charge is 2.09. The minimum absolute atomic E-state index is 0.310. The number of carbonyl (C=O) groups excluding carboxylic acids is 1. The van der Waals surface area contributed by atoms with Gasteiger partial charge in [0.2, 0.25) is 0 Å². The number of rotatable bonds is 5. The van der Waals surface area contributed by atoms with Crippen LogP contribution in [0.4, 0.5) is 0 Å². The summed E-state index contributed by atoms with van der Waals surface area (Å²) in [5, 5.41) is 11.1. The first kappa shape index (κ1) is 12.5. The van der Waals surface area contributed by atoms with E-state index in [9.17, 15) is 9.59 Å². The summed E-state index contributed by atoms with van der Waals surface area (Å²) in [4.78, 5) is 21.2. The van der Waals surface area contributed by atoms with E-state index in [1.54, 1.807) is 13.8 Å². The molecule has 4 nitrogen and oxygen atoms in total. The summed E-state index contributed by atoms with van der Waals surface area (Å²) in [6.07, 6.45) is 1.22. The van der Waals surface area contributed by atoms with E-state index in [2.05, 4.69) is 17.2 Å². The maximum absolute atomic E-state index is 10.8. The summed E-state index contributed by atoms with van der Waals surface area (Å²) < 4.78 is 0. The van der Waals surface area contributed by atoms with Crippen molar-refractivity contribution in [2.75, 3.05) is 6.54 Å². The van der Waals surface area contributed by atoms with Crippen LogP contribution in [0.5, 0.6) is 0 Å². The number of hydrogen-bond acceptors (Lipinski definition) is 2. The van der Waals surface area contributed by atoms with Crippen LogP contribution in [-0.2, 0) is 9.59 Å². The van der Waals surface area contributed by atoms with Gasteiger partial charge in [0, 0.05) is 6.54 Å². The third-order valence-corrected chi connectivity index (χ3v) is 1.76. The van der Waals surface area contributed by atoms with Crippen molar-refractivity contribution in [3.8, 4) is 11.8 Å². The quantitative estimate of drug-likeness (QED) is 0.501. The first-order chi connectivity index (χ1) is 6.57. The molecule has 0 radical (unpaired) electrons. The number of amides is 1. The van der Waals surface area contributed by atoms with Crippen molar-refractivity contribution in [3.05, 3.63) is 0 Å². The summed E-state index contributed by atoms with van der Waals surface area (Å²) in [5.41, 5.74) is 0. The first-order valence-corrected chi connectivity index (χ1v) is 4.51. The van der Waals surface area contributed by atoms with Crippen molar-refractivity contribution < 1.29 is 14.7 Å². The van der Waals surface area contributed by atoms with Crippen LogP contribution in [0.25, 0.3) is 0 Å². The second kappa shape index (κ2) is 6.96. The van der Waals surface area contributed by atoms with Gasteiger partial charge in [-0.3, -0.25) is 9.59 Å². The third kappa shape index (κ3) is 6.06. The summed E-state index contributed by atoms with van der Waals surface area (Å²) in [6.45, 7) is 3.72. The molecule has 0 aromatic carbocycles. The van der Waals surface area contributed by atoms with Gasteiger partial charge in [-0.2, -0.15) is 0 Å². The normalized spacial score (nSPS) is 11.0.